The lowest BCUT2D eigenvalue weighted by atomic mass is 10.2. The first-order valence-electron chi connectivity index (χ1n) is 7.73. The number of carbonyl (C=O) groups is 1. The van der Waals surface area contributed by atoms with Gasteiger partial charge in [0.05, 0.1) is 13.7 Å². The molecular weight excluding hydrogens is 310 g/mol. The van der Waals surface area contributed by atoms with Crippen LogP contribution in [0.3, 0.4) is 0 Å². The van der Waals surface area contributed by atoms with Gasteiger partial charge in [-0.1, -0.05) is 12.1 Å². The number of oxazole rings is 1. The van der Waals surface area contributed by atoms with Gasteiger partial charge in [-0.15, -0.1) is 0 Å². The van der Waals surface area contributed by atoms with E-state index in [9.17, 15) is 4.79 Å². The van der Waals surface area contributed by atoms with Crippen molar-refractivity contribution in [2.24, 2.45) is 5.73 Å². The predicted octanol–water partition coefficient (Wildman–Crippen LogP) is 1.82. The van der Waals surface area contributed by atoms with Crippen molar-refractivity contribution in [2.75, 3.05) is 27.4 Å². The van der Waals surface area contributed by atoms with Crippen molar-refractivity contribution in [2.45, 2.75) is 19.5 Å². The highest BCUT2D eigenvalue weighted by molar-refractivity contribution is 5.92. The van der Waals surface area contributed by atoms with Crippen LogP contribution in [0.4, 0.5) is 0 Å². The summed E-state index contributed by atoms with van der Waals surface area (Å²) in [5.41, 5.74) is 6.72. The van der Waals surface area contributed by atoms with Crippen molar-refractivity contribution in [3.63, 3.8) is 0 Å². The van der Waals surface area contributed by atoms with Crippen molar-refractivity contribution >= 4 is 5.91 Å². The van der Waals surface area contributed by atoms with Gasteiger partial charge in [0.1, 0.15) is 12.0 Å². The average Bonchev–Trinajstić information content (AvgIpc) is 3.10. The summed E-state index contributed by atoms with van der Waals surface area (Å²) in [7, 11) is 3.25. The van der Waals surface area contributed by atoms with Crippen molar-refractivity contribution in [3.8, 4) is 5.75 Å². The molecule has 24 heavy (non-hydrogen) atoms. The molecule has 0 spiro atoms. The molecule has 130 valence electrons. The maximum absolute atomic E-state index is 12.7. The fraction of sp³-hybridized carbons (Fsp3) is 0.412. The van der Waals surface area contributed by atoms with Gasteiger partial charge in [-0.05, 0) is 24.1 Å². The zero-order valence-electron chi connectivity index (χ0n) is 14.0. The number of methoxy groups -OCH3 is 2. The van der Waals surface area contributed by atoms with Crippen LogP contribution in [0.25, 0.3) is 0 Å². The van der Waals surface area contributed by atoms with Gasteiger partial charge in [-0.3, -0.25) is 4.79 Å². The zero-order chi connectivity index (χ0) is 17.4. The molecular formula is C17H23N3O4. The Bertz CT molecular complexity index is 657. The molecule has 0 atom stereocenters. The van der Waals surface area contributed by atoms with Gasteiger partial charge in [0.2, 0.25) is 5.89 Å². The second-order valence-corrected chi connectivity index (χ2v) is 5.26. The van der Waals surface area contributed by atoms with E-state index in [0.717, 1.165) is 17.7 Å². The van der Waals surface area contributed by atoms with Gasteiger partial charge in [-0.25, -0.2) is 4.98 Å². The normalized spacial score (nSPS) is 10.6. The molecule has 2 N–H and O–H groups in total. The fourth-order valence-corrected chi connectivity index (χ4v) is 2.31. The summed E-state index contributed by atoms with van der Waals surface area (Å²) in [6, 6.07) is 7.62. The molecule has 0 aliphatic heterocycles. The van der Waals surface area contributed by atoms with E-state index < -0.39 is 0 Å². The minimum atomic E-state index is -0.197. The average molecular weight is 333 g/mol. The van der Waals surface area contributed by atoms with Crippen LogP contribution in [0.15, 0.2) is 34.9 Å². The largest absolute Gasteiger partial charge is 0.497 e. The minimum absolute atomic E-state index is 0.160. The first-order chi connectivity index (χ1) is 11.7. The first kappa shape index (κ1) is 18.0. The van der Waals surface area contributed by atoms with Gasteiger partial charge < -0.3 is 24.5 Å². The van der Waals surface area contributed by atoms with Gasteiger partial charge in [0, 0.05) is 26.8 Å². The summed E-state index contributed by atoms with van der Waals surface area (Å²) >= 11 is 0. The molecule has 2 rings (SSSR count). The topological polar surface area (TPSA) is 90.8 Å². The third kappa shape index (κ3) is 4.81. The highest BCUT2D eigenvalue weighted by Gasteiger charge is 2.20. The summed E-state index contributed by atoms with van der Waals surface area (Å²) in [4.78, 5) is 18.5. The molecule has 0 aliphatic carbocycles. The molecule has 1 heterocycles. The Labute approximate surface area is 141 Å². The predicted molar refractivity (Wildman–Crippen MR) is 88.6 cm³/mol. The van der Waals surface area contributed by atoms with E-state index in [4.69, 9.17) is 19.6 Å². The van der Waals surface area contributed by atoms with E-state index in [0.29, 0.717) is 25.6 Å². The van der Waals surface area contributed by atoms with Crippen LogP contribution >= 0.6 is 0 Å². The van der Waals surface area contributed by atoms with Crippen LogP contribution in [-0.2, 0) is 17.8 Å². The molecule has 7 heteroatoms. The van der Waals surface area contributed by atoms with Crippen molar-refractivity contribution in [3.05, 3.63) is 47.7 Å². The molecule has 0 aliphatic rings. The van der Waals surface area contributed by atoms with Gasteiger partial charge >= 0.3 is 0 Å². The Hall–Kier alpha value is -2.38. The van der Waals surface area contributed by atoms with Crippen LogP contribution in [0.1, 0.15) is 28.4 Å². The van der Waals surface area contributed by atoms with Crippen LogP contribution in [0.2, 0.25) is 0 Å². The summed E-state index contributed by atoms with van der Waals surface area (Å²) < 4.78 is 15.5. The number of carbonyl (C=O) groups excluding carboxylic acids is 1. The molecule has 2 aromatic rings. The number of hydrogen-bond donors (Lipinski definition) is 1. The highest BCUT2D eigenvalue weighted by atomic mass is 16.5. The molecule has 0 radical (unpaired) electrons. The second-order valence-electron chi connectivity index (χ2n) is 5.26. The molecule has 0 saturated carbocycles. The van der Waals surface area contributed by atoms with E-state index in [1.54, 1.807) is 19.1 Å². The zero-order valence-corrected chi connectivity index (χ0v) is 14.0. The van der Waals surface area contributed by atoms with Crippen LogP contribution in [-0.4, -0.2) is 43.2 Å². The molecule has 7 nitrogen and oxygen atoms in total. The minimum Gasteiger partial charge on any atom is -0.497 e. The number of benzene rings is 1. The second kappa shape index (κ2) is 9.05. The molecule has 1 aromatic heterocycles. The number of rotatable bonds is 9. The molecule has 0 fully saturated rings. The number of aromatic nitrogens is 1. The van der Waals surface area contributed by atoms with Gasteiger partial charge in [-0.2, -0.15) is 0 Å². The van der Waals surface area contributed by atoms with E-state index in [1.165, 1.54) is 6.26 Å². The number of nitrogens with zero attached hydrogens (tertiary/aromatic N) is 2. The summed E-state index contributed by atoms with van der Waals surface area (Å²) in [5, 5.41) is 0. The molecule has 0 unspecified atom stereocenters. The van der Waals surface area contributed by atoms with E-state index >= 15 is 0 Å². The van der Waals surface area contributed by atoms with Gasteiger partial charge in [0.15, 0.2) is 5.69 Å². The SMILES string of the molecule is COCCCN(Cc1cccc(OC)c1)C(=O)c1coc(CN)n1. The van der Waals surface area contributed by atoms with E-state index in [1.807, 2.05) is 24.3 Å². The summed E-state index contributed by atoms with van der Waals surface area (Å²) in [5.74, 6) is 0.901. The van der Waals surface area contributed by atoms with Gasteiger partial charge in [0.25, 0.3) is 5.91 Å². The molecule has 0 bridgehead atoms. The maximum atomic E-state index is 12.7. The van der Waals surface area contributed by atoms with Crippen LogP contribution < -0.4 is 10.5 Å². The van der Waals surface area contributed by atoms with Crippen molar-refractivity contribution in [1.29, 1.82) is 0 Å². The molecule has 1 aromatic carbocycles. The number of nitrogens with two attached hydrogens (primary N) is 1. The van der Waals surface area contributed by atoms with E-state index in [2.05, 4.69) is 4.98 Å². The van der Waals surface area contributed by atoms with E-state index in [-0.39, 0.29) is 18.1 Å². The number of ether oxygens (including phenoxy) is 2. The third-order valence-corrected chi connectivity index (χ3v) is 3.52. The quantitative estimate of drug-likeness (QED) is 0.704. The Morgan fingerprint density at radius 3 is 2.88 bits per heavy atom. The lowest BCUT2D eigenvalue weighted by Gasteiger charge is -2.22. The lowest BCUT2D eigenvalue weighted by Crippen LogP contribution is -2.32. The van der Waals surface area contributed by atoms with Crippen LogP contribution in [0, 0.1) is 0 Å². The Balaban J connectivity index is 2.14. The highest BCUT2D eigenvalue weighted by Crippen LogP contribution is 2.16. The summed E-state index contributed by atoms with van der Waals surface area (Å²) in [6.45, 7) is 1.74. The Morgan fingerprint density at radius 1 is 1.38 bits per heavy atom. The standard InChI is InChI=1S/C17H23N3O4/c1-22-8-4-7-20(11-13-5-3-6-14(9-13)23-2)17(21)15-12-24-16(10-18)19-15/h3,5-6,9,12H,4,7-8,10-11,18H2,1-2H3. The molecule has 0 saturated heterocycles. The number of hydrogen-bond acceptors (Lipinski definition) is 6. The Morgan fingerprint density at radius 2 is 2.21 bits per heavy atom. The van der Waals surface area contributed by atoms with Crippen molar-refractivity contribution < 1.29 is 18.7 Å². The monoisotopic (exact) mass is 333 g/mol. The smallest absolute Gasteiger partial charge is 0.276 e. The molecule has 1 amide bonds. The lowest BCUT2D eigenvalue weighted by molar-refractivity contribution is 0.0717. The maximum Gasteiger partial charge on any atom is 0.276 e. The fourth-order valence-electron chi connectivity index (χ4n) is 2.31. The number of amides is 1. The third-order valence-electron chi connectivity index (χ3n) is 3.52. The Kier molecular flexibility index (Phi) is 6.77. The first-order valence-corrected chi connectivity index (χ1v) is 7.73. The summed E-state index contributed by atoms with van der Waals surface area (Å²) in [6.07, 6.45) is 2.08. The van der Waals surface area contributed by atoms with Crippen molar-refractivity contribution in [1.82, 2.24) is 9.88 Å². The van der Waals surface area contributed by atoms with Crippen LogP contribution in [0.5, 0.6) is 5.75 Å².